The summed E-state index contributed by atoms with van der Waals surface area (Å²) < 4.78 is 36.8. The smallest absolute Gasteiger partial charge is 0.395 e. The second-order valence-electron chi connectivity index (χ2n) is 6.33. The molecule has 0 fully saturated rings. The predicted octanol–water partition coefficient (Wildman–Crippen LogP) is 3.45. The van der Waals surface area contributed by atoms with Crippen LogP contribution in [0.1, 0.15) is 6.42 Å². The molecule has 10 heteroatoms. The van der Waals surface area contributed by atoms with Crippen molar-refractivity contribution in [2.75, 3.05) is 5.32 Å². The zero-order chi connectivity index (χ0) is 20.0. The van der Waals surface area contributed by atoms with Crippen LogP contribution in [0.2, 0.25) is 0 Å². The quantitative estimate of drug-likeness (QED) is 0.706. The normalized spacial score (nSPS) is 17.0. The average Bonchev–Trinajstić information content (AvgIpc) is 3.33. The Hall–Kier alpha value is -3.95. The van der Waals surface area contributed by atoms with E-state index >= 15 is 0 Å². The summed E-state index contributed by atoms with van der Waals surface area (Å²) in [5.74, 6) is -0.393. The van der Waals surface area contributed by atoms with Crippen molar-refractivity contribution in [3.8, 4) is 11.5 Å². The van der Waals surface area contributed by atoms with Crippen LogP contribution in [0.15, 0.2) is 60.5 Å². The van der Waals surface area contributed by atoms with E-state index < -0.39 is 6.29 Å². The molecule has 3 aromatic rings. The number of aromatic amines is 1. The predicted molar refractivity (Wildman–Crippen MR) is 99.3 cm³/mol. The van der Waals surface area contributed by atoms with Crippen LogP contribution in [-0.2, 0) is 4.79 Å². The maximum atomic E-state index is 13.1. The molecule has 0 radical (unpaired) electrons. The molecule has 8 nitrogen and oxygen atoms in total. The van der Waals surface area contributed by atoms with E-state index in [-0.39, 0.29) is 23.4 Å². The van der Waals surface area contributed by atoms with E-state index in [0.29, 0.717) is 23.0 Å². The summed E-state index contributed by atoms with van der Waals surface area (Å²) in [4.78, 5) is 19.7. The van der Waals surface area contributed by atoms with Gasteiger partial charge in [-0.3, -0.25) is 10.1 Å². The third-order valence-corrected chi connectivity index (χ3v) is 4.37. The van der Waals surface area contributed by atoms with Gasteiger partial charge in [0.15, 0.2) is 11.5 Å². The number of alkyl halides is 2. The fourth-order valence-electron chi connectivity index (χ4n) is 3.07. The van der Waals surface area contributed by atoms with Gasteiger partial charge in [-0.25, -0.2) is 9.67 Å². The first-order chi connectivity index (χ1) is 14.0. The number of nitrogens with one attached hydrogen (secondary N) is 2. The highest BCUT2D eigenvalue weighted by molar-refractivity contribution is 6.05. The number of anilines is 1. The Morgan fingerprint density at radius 2 is 2.03 bits per heavy atom. The van der Waals surface area contributed by atoms with Crippen molar-refractivity contribution in [2.45, 2.75) is 12.7 Å². The molecule has 3 heterocycles. The number of allylic oxidation sites excluding steroid dienone is 4. The summed E-state index contributed by atoms with van der Waals surface area (Å²) in [5.41, 5.74) is 2.09. The Morgan fingerprint density at radius 1 is 1.21 bits per heavy atom. The van der Waals surface area contributed by atoms with E-state index in [1.54, 1.807) is 29.1 Å². The van der Waals surface area contributed by atoms with Crippen molar-refractivity contribution in [1.82, 2.24) is 19.7 Å². The molecule has 29 heavy (non-hydrogen) atoms. The molecule has 1 aliphatic heterocycles. The van der Waals surface area contributed by atoms with Gasteiger partial charge in [0.2, 0.25) is 5.95 Å². The minimum absolute atomic E-state index is 0.101. The molecule has 0 saturated heterocycles. The molecule has 1 aromatic carbocycles. The van der Waals surface area contributed by atoms with Gasteiger partial charge >= 0.3 is 6.29 Å². The topological polar surface area (TPSA) is 94.1 Å². The highest BCUT2D eigenvalue weighted by Crippen LogP contribution is 2.42. The first kappa shape index (κ1) is 17.2. The monoisotopic (exact) mass is 397 g/mol. The van der Waals surface area contributed by atoms with Crippen LogP contribution in [-0.4, -0.2) is 32.0 Å². The minimum atomic E-state index is -3.69. The van der Waals surface area contributed by atoms with E-state index in [4.69, 9.17) is 0 Å². The number of aromatic nitrogens is 4. The average molecular weight is 397 g/mol. The Kier molecular flexibility index (Phi) is 3.73. The Labute approximate surface area is 162 Å². The van der Waals surface area contributed by atoms with Crippen LogP contribution in [0.3, 0.4) is 0 Å². The standard InChI is InChI=1S/C19H13F2N5O3/c20-19(21)28-15-9-13-14(10-16(15)29-19)24-18(23-13)25-17(27)11-3-1-4-12(6-5-11)26-8-2-7-22-26/h2-10H,1H2,(H2,23,24,25,27). The summed E-state index contributed by atoms with van der Waals surface area (Å²) >= 11 is 0. The second kappa shape index (κ2) is 6.30. The molecule has 0 atom stereocenters. The van der Waals surface area contributed by atoms with Crippen molar-refractivity contribution in [1.29, 1.82) is 0 Å². The Morgan fingerprint density at radius 3 is 2.83 bits per heavy atom. The van der Waals surface area contributed by atoms with E-state index in [1.807, 2.05) is 18.3 Å². The maximum absolute atomic E-state index is 13.1. The van der Waals surface area contributed by atoms with E-state index in [1.165, 1.54) is 12.1 Å². The number of carbonyl (C=O) groups excluding carboxylic acids is 1. The third kappa shape index (κ3) is 3.24. The lowest BCUT2D eigenvalue weighted by Crippen LogP contribution is -2.25. The summed E-state index contributed by atoms with van der Waals surface area (Å²) in [6, 6.07) is 4.48. The van der Waals surface area contributed by atoms with Crippen molar-refractivity contribution in [3.63, 3.8) is 0 Å². The molecule has 2 aliphatic rings. The molecule has 0 saturated carbocycles. The minimum Gasteiger partial charge on any atom is -0.395 e. The number of rotatable bonds is 3. The number of fused-ring (bicyclic) bond motifs is 2. The summed E-state index contributed by atoms with van der Waals surface area (Å²) in [6.07, 6.45) is 7.57. The van der Waals surface area contributed by atoms with Gasteiger partial charge in [-0.15, -0.1) is 8.78 Å². The van der Waals surface area contributed by atoms with Gasteiger partial charge in [-0.1, -0.05) is 12.2 Å². The number of H-pyrrole nitrogens is 1. The number of ether oxygens (including phenoxy) is 2. The third-order valence-electron chi connectivity index (χ3n) is 4.37. The van der Waals surface area contributed by atoms with Crippen LogP contribution in [0.25, 0.3) is 16.7 Å². The Bertz CT molecular complexity index is 1160. The zero-order valence-electron chi connectivity index (χ0n) is 14.7. The largest absolute Gasteiger partial charge is 0.586 e. The molecule has 1 amide bonds. The number of hydrogen-bond donors (Lipinski definition) is 2. The lowest BCUT2D eigenvalue weighted by molar-refractivity contribution is -0.286. The van der Waals surface area contributed by atoms with Gasteiger partial charge in [0, 0.05) is 30.1 Å². The number of nitrogens with zero attached hydrogens (tertiary/aromatic N) is 3. The van der Waals surface area contributed by atoms with Gasteiger partial charge in [-0.2, -0.15) is 5.10 Å². The zero-order valence-corrected chi connectivity index (χ0v) is 14.7. The van der Waals surface area contributed by atoms with Gasteiger partial charge in [0.25, 0.3) is 5.91 Å². The molecule has 146 valence electrons. The van der Waals surface area contributed by atoms with Gasteiger partial charge < -0.3 is 14.5 Å². The fraction of sp³-hybridized carbons (Fsp3) is 0.105. The number of benzene rings is 1. The molecule has 0 unspecified atom stereocenters. The Balaban J connectivity index is 1.33. The molecule has 5 rings (SSSR count). The number of halogens is 2. The summed E-state index contributed by atoms with van der Waals surface area (Å²) in [6.45, 7) is 0. The van der Waals surface area contributed by atoms with Crippen LogP contribution in [0, 0.1) is 0 Å². The highest BCUT2D eigenvalue weighted by atomic mass is 19.3. The van der Waals surface area contributed by atoms with E-state index in [9.17, 15) is 13.6 Å². The fourth-order valence-corrected chi connectivity index (χ4v) is 3.07. The number of carbonyl (C=O) groups is 1. The molecule has 2 aromatic heterocycles. The summed E-state index contributed by atoms with van der Waals surface area (Å²) in [5, 5.41) is 6.84. The van der Waals surface area contributed by atoms with Crippen molar-refractivity contribution in [3.05, 3.63) is 60.5 Å². The number of hydrogen-bond acceptors (Lipinski definition) is 5. The van der Waals surface area contributed by atoms with Crippen molar-refractivity contribution < 1.29 is 23.0 Å². The molecule has 0 spiro atoms. The SMILES string of the molecule is O=C(Nc1nc2cc3c(cc2[nH]1)OC(F)(F)O3)C1=CCC=C(n2cccn2)C=C1. The molecule has 2 N–H and O–H groups in total. The first-order valence-corrected chi connectivity index (χ1v) is 8.66. The van der Waals surface area contributed by atoms with E-state index in [0.717, 1.165) is 5.70 Å². The lowest BCUT2D eigenvalue weighted by Gasteiger charge is -2.04. The van der Waals surface area contributed by atoms with Crippen molar-refractivity contribution >= 4 is 28.6 Å². The molecular weight excluding hydrogens is 384 g/mol. The second-order valence-corrected chi connectivity index (χ2v) is 6.33. The van der Waals surface area contributed by atoms with Crippen LogP contribution < -0.4 is 14.8 Å². The van der Waals surface area contributed by atoms with E-state index in [2.05, 4.69) is 29.9 Å². The molecular formula is C19H13F2N5O3. The molecule has 1 aliphatic carbocycles. The van der Waals surface area contributed by atoms with Gasteiger partial charge in [-0.05, 0) is 24.6 Å². The highest BCUT2D eigenvalue weighted by Gasteiger charge is 2.43. The lowest BCUT2D eigenvalue weighted by atomic mass is 10.2. The number of amides is 1. The maximum Gasteiger partial charge on any atom is 0.586 e. The van der Waals surface area contributed by atoms with Gasteiger partial charge in [0.1, 0.15) is 0 Å². The van der Waals surface area contributed by atoms with Crippen LogP contribution in [0.4, 0.5) is 14.7 Å². The first-order valence-electron chi connectivity index (χ1n) is 8.66. The summed E-state index contributed by atoms with van der Waals surface area (Å²) in [7, 11) is 0. The van der Waals surface area contributed by atoms with Crippen LogP contribution in [0.5, 0.6) is 11.5 Å². The van der Waals surface area contributed by atoms with Crippen LogP contribution >= 0.6 is 0 Å². The number of imidazole rings is 1. The molecule has 0 bridgehead atoms. The van der Waals surface area contributed by atoms with Gasteiger partial charge in [0.05, 0.1) is 16.7 Å². The van der Waals surface area contributed by atoms with Crippen molar-refractivity contribution in [2.24, 2.45) is 0 Å².